The average molecular weight is 651 g/mol. The summed E-state index contributed by atoms with van der Waals surface area (Å²) >= 11 is 0. The van der Waals surface area contributed by atoms with E-state index in [0.29, 0.717) is 13.0 Å². The van der Waals surface area contributed by atoms with Crippen LogP contribution in [0.25, 0.3) is 0 Å². The highest BCUT2D eigenvalue weighted by Gasteiger charge is 2.44. The van der Waals surface area contributed by atoms with E-state index >= 15 is 0 Å². The zero-order valence-electron chi connectivity index (χ0n) is 28.3. The standard InChI is InChI=1S/C37H62O9/c1-3-5-7-9-11-13-14-15-16-17-18-19-20-22-24-26-33(39)45-31(29-43-27-25-23-21-12-10-8-6-4-2)30-44-37-36(42)35(41)34(40)32(28-38)46-37/h5,7,11,13,15-16,18-19,22,24,31-32,34-38,40-42H,3-4,6,8-10,12,14,17,20-21,23,25-30H2,1-2H3/b7-5-,13-11-,16-15-,19-18-,24-22-. The zero-order valence-corrected chi connectivity index (χ0v) is 28.3. The number of ether oxygens (including phenoxy) is 4. The van der Waals surface area contributed by atoms with E-state index in [1.807, 2.05) is 12.2 Å². The van der Waals surface area contributed by atoms with E-state index in [0.717, 1.165) is 38.5 Å². The van der Waals surface area contributed by atoms with E-state index in [1.165, 1.54) is 38.5 Å². The minimum Gasteiger partial charge on any atom is -0.457 e. The monoisotopic (exact) mass is 650 g/mol. The fourth-order valence-corrected chi connectivity index (χ4v) is 4.74. The van der Waals surface area contributed by atoms with Gasteiger partial charge in [0.05, 0.1) is 26.2 Å². The first-order chi connectivity index (χ1) is 22.4. The predicted molar refractivity (Wildman–Crippen MR) is 182 cm³/mol. The summed E-state index contributed by atoms with van der Waals surface area (Å²) in [6, 6.07) is 0. The summed E-state index contributed by atoms with van der Waals surface area (Å²) < 4.78 is 22.4. The lowest BCUT2D eigenvalue weighted by Crippen LogP contribution is -2.59. The second-order valence-corrected chi connectivity index (χ2v) is 11.6. The molecule has 264 valence electrons. The molecule has 1 rings (SSSR count). The second kappa shape index (κ2) is 29.1. The molecule has 1 aliphatic heterocycles. The summed E-state index contributed by atoms with van der Waals surface area (Å²) in [6.07, 6.45) is 27.1. The number of hydrogen-bond donors (Lipinski definition) is 4. The Morgan fingerprint density at radius 2 is 1.24 bits per heavy atom. The van der Waals surface area contributed by atoms with Crippen LogP contribution in [-0.4, -0.2) is 89.6 Å². The van der Waals surface area contributed by atoms with Gasteiger partial charge in [-0.05, 0) is 38.5 Å². The lowest BCUT2D eigenvalue weighted by Gasteiger charge is -2.39. The van der Waals surface area contributed by atoms with Gasteiger partial charge in [-0.25, -0.2) is 0 Å². The van der Waals surface area contributed by atoms with Crippen molar-refractivity contribution in [1.29, 1.82) is 0 Å². The number of allylic oxidation sites excluding steroid dienone is 9. The van der Waals surface area contributed by atoms with Crippen LogP contribution in [0.5, 0.6) is 0 Å². The molecule has 0 amide bonds. The van der Waals surface area contributed by atoms with Gasteiger partial charge in [-0.15, -0.1) is 0 Å². The zero-order chi connectivity index (χ0) is 33.7. The van der Waals surface area contributed by atoms with E-state index in [1.54, 1.807) is 6.08 Å². The molecular weight excluding hydrogens is 588 g/mol. The molecule has 0 saturated carbocycles. The molecule has 0 spiro atoms. The number of rotatable bonds is 27. The number of esters is 1. The third-order valence-electron chi connectivity index (χ3n) is 7.48. The Hall–Kier alpha value is -2.11. The molecule has 0 aliphatic carbocycles. The van der Waals surface area contributed by atoms with Crippen molar-refractivity contribution in [2.75, 3.05) is 26.4 Å². The summed E-state index contributed by atoms with van der Waals surface area (Å²) in [5.74, 6) is -0.445. The molecule has 6 atom stereocenters. The smallest absolute Gasteiger partial charge is 0.310 e. The van der Waals surface area contributed by atoms with Crippen LogP contribution >= 0.6 is 0 Å². The number of unbranched alkanes of at least 4 members (excludes halogenated alkanes) is 7. The molecule has 9 heteroatoms. The van der Waals surface area contributed by atoms with Gasteiger partial charge in [0, 0.05) is 6.61 Å². The highest BCUT2D eigenvalue weighted by atomic mass is 16.7. The van der Waals surface area contributed by atoms with Crippen molar-refractivity contribution >= 4 is 5.97 Å². The molecular formula is C37H62O9. The summed E-state index contributed by atoms with van der Waals surface area (Å²) in [7, 11) is 0. The maximum Gasteiger partial charge on any atom is 0.310 e. The minimum atomic E-state index is -1.55. The van der Waals surface area contributed by atoms with E-state index < -0.39 is 49.4 Å². The van der Waals surface area contributed by atoms with Gasteiger partial charge in [0.15, 0.2) is 6.29 Å². The molecule has 6 unspecified atom stereocenters. The van der Waals surface area contributed by atoms with Gasteiger partial charge in [-0.3, -0.25) is 4.79 Å². The SMILES string of the molecule is CC/C=C\C/C=C\C/C=C\C/C=C\C/C=C\CC(=O)OC(COCCCCCCCCCC)COC1OC(CO)C(O)C(O)C1O. The van der Waals surface area contributed by atoms with Crippen molar-refractivity contribution < 1.29 is 44.2 Å². The number of aliphatic hydroxyl groups is 4. The predicted octanol–water partition coefficient (Wildman–Crippen LogP) is 6.01. The Morgan fingerprint density at radius 3 is 1.80 bits per heavy atom. The molecule has 4 N–H and O–H groups in total. The van der Waals surface area contributed by atoms with Crippen LogP contribution in [0.2, 0.25) is 0 Å². The fourth-order valence-electron chi connectivity index (χ4n) is 4.74. The first-order valence-electron chi connectivity index (χ1n) is 17.4. The molecule has 9 nitrogen and oxygen atoms in total. The van der Waals surface area contributed by atoms with Gasteiger partial charge in [0.1, 0.15) is 30.5 Å². The number of carbonyl (C=O) groups excluding carboxylic acids is 1. The first kappa shape index (κ1) is 41.9. The quantitative estimate of drug-likeness (QED) is 0.0479. The maximum atomic E-state index is 12.6. The van der Waals surface area contributed by atoms with E-state index in [2.05, 4.69) is 56.4 Å². The van der Waals surface area contributed by atoms with E-state index in [4.69, 9.17) is 18.9 Å². The Labute approximate surface area is 277 Å². The van der Waals surface area contributed by atoms with Crippen LogP contribution in [0.15, 0.2) is 60.8 Å². The van der Waals surface area contributed by atoms with Crippen molar-refractivity contribution in [3.05, 3.63) is 60.8 Å². The van der Waals surface area contributed by atoms with Gasteiger partial charge in [-0.1, -0.05) is 120 Å². The number of hydrogen-bond acceptors (Lipinski definition) is 9. The molecule has 0 aromatic rings. The summed E-state index contributed by atoms with van der Waals surface area (Å²) in [6.45, 7) is 4.25. The van der Waals surface area contributed by atoms with Crippen LogP contribution in [0.3, 0.4) is 0 Å². The maximum absolute atomic E-state index is 12.6. The molecule has 0 radical (unpaired) electrons. The van der Waals surface area contributed by atoms with Crippen molar-refractivity contribution in [2.24, 2.45) is 0 Å². The minimum absolute atomic E-state index is 0.0854. The van der Waals surface area contributed by atoms with Crippen LogP contribution in [-0.2, 0) is 23.7 Å². The molecule has 46 heavy (non-hydrogen) atoms. The van der Waals surface area contributed by atoms with Gasteiger partial charge < -0.3 is 39.4 Å². The number of aliphatic hydroxyl groups excluding tert-OH is 4. The van der Waals surface area contributed by atoms with E-state index in [-0.39, 0.29) is 19.6 Å². The summed E-state index contributed by atoms with van der Waals surface area (Å²) in [5.41, 5.74) is 0. The highest BCUT2D eigenvalue weighted by molar-refractivity contribution is 5.71. The Kier molecular flexibility index (Phi) is 26.5. The van der Waals surface area contributed by atoms with Gasteiger partial charge in [0.2, 0.25) is 0 Å². The van der Waals surface area contributed by atoms with Crippen molar-refractivity contribution in [1.82, 2.24) is 0 Å². The molecule has 1 saturated heterocycles. The van der Waals surface area contributed by atoms with Gasteiger partial charge in [-0.2, -0.15) is 0 Å². The lowest BCUT2D eigenvalue weighted by atomic mass is 9.99. The van der Waals surface area contributed by atoms with Crippen LogP contribution in [0.4, 0.5) is 0 Å². The summed E-state index contributed by atoms with van der Waals surface area (Å²) in [5, 5.41) is 39.8. The molecule has 1 aliphatic rings. The average Bonchev–Trinajstić information content (AvgIpc) is 3.05. The van der Waals surface area contributed by atoms with Gasteiger partial charge in [0.25, 0.3) is 0 Å². The Balaban J connectivity index is 2.45. The normalized spacial score (nSPS) is 23.1. The van der Waals surface area contributed by atoms with E-state index in [9.17, 15) is 25.2 Å². The molecule has 0 bridgehead atoms. The molecule has 1 fully saturated rings. The third-order valence-corrected chi connectivity index (χ3v) is 7.48. The van der Waals surface area contributed by atoms with Crippen molar-refractivity contribution in [3.63, 3.8) is 0 Å². The third kappa shape index (κ3) is 20.9. The number of carbonyl (C=O) groups is 1. The van der Waals surface area contributed by atoms with Crippen LogP contribution in [0, 0.1) is 0 Å². The molecule has 0 aromatic carbocycles. The van der Waals surface area contributed by atoms with Gasteiger partial charge >= 0.3 is 5.97 Å². The Bertz CT molecular complexity index is 880. The largest absolute Gasteiger partial charge is 0.457 e. The molecule has 0 aromatic heterocycles. The first-order valence-corrected chi connectivity index (χ1v) is 17.4. The summed E-state index contributed by atoms with van der Waals surface area (Å²) in [4.78, 5) is 12.6. The second-order valence-electron chi connectivity index (χ2n) is 11.6. The lowest BCUT2D eigenvalue weighted by molar-refractivity contribution is -0.305. The molecule has 1 heterocycles. The highest BCUT2D eigenvalue weighted by Crippen LogP contribution is 2.22. The van der Waals surface area contributed by atoms with Crippen molar-refractivity contribution in [3.8, 4) is 0 Å². The van der Waals surface area contributed by atoms with Crippen molar-refractivity contribution in [2.45, 2.75) is 141 Å². The Morgan fingerprint density at radius 1 is 0.696 bits per heavy atom. The topological polar surface area (TPSA) is 135 Å². The van der Waals surface area contributed by atoms with Crippen LogP contribution < -0.4 is 0 Å². The fraction of sp³-hybridized carbons (Fsp3) is 0.703. The van der Waals surface area contributed by atoms with Crippen LogP contribution in [0.1, 0.15) is 104 Å².